The molecule has 52 valence electrons. The van der Waals surface area contributed by atoms with Crippen molar-refractivity contribution in [3.05, 3.63) is 30.1 Å². The summed E-state index contributed by atoms with van der Waals surface area (Å²) in [5, 5.41) is 9.56. The topological polar surface area (TPSA) is 33.1 Å². The molecule has 1 N–H and O–H groups in total. The lowest BCUT2D eigenvalue weighted by atomic mass is 10.1. The first-order valence-electron chi connectivity index (χ1n) is 3.44. The van der Waals surface area contributed by atoms with Crippen molar-refractivity contribution in [2.24, 2.45) is 0 Å². The monoisotopic (exact) mass is 135 g/mol. The number of aromatic nitrogens is 1. The smallest absolute Gasteiger partial charge is 0.0913 e. The molecule has 1 aliphatic carbocycles. The van der Waals surface area contributed by atoms with Crippen molar-refractivity contribution in [2.45, 2.75) is 18.4 Å². The lowest BCUT2D eigenvalue weighted by molar-refractivity contribution is 0.151. The van der Waals surface area contributed by atoms with E-state index >= 15 is 0 Å². The van der Waals surface area contributed by atoms with E-state index in [9.17, 15) is 5.11 Å². The van der Waals surface area contributed by atoms with E-state index in [4.69, 9.17) is 0 Å². The molecule has 0 aromatic carbocycles. The second-order valence-electron chi connectivity index (χ2n) is 2.77. The number of aliphatic hydroxyl groups is 1. The van der Waals surface area contributed by atoms with Crippen LogP contribution in [0.1, 0.15) is 18.4 Å². The van der Waals surface area contributed by atoms with Gasteiger partial charge in [0.05, 0.1) is 5.60 Å². The highest BCUT2D eigenvalue weighted by Gasteiger charge is 2.42. The minimum atomic E-state index is -0.520. The van der Waals surface area contributed by atoms with Gasteiger partial charge in [0.15, 0.2) is 0 Å². The lowest BCUT2D eigenvalue weighted by Crippen LogP contribution is -2.03. The molecular weight excluding hydrogens is 126 g/mol. The largest absolute Gasteiger partial charge is 0.385 e. The fraction of sp³-hybridized carbons (Fsp3) is 0.375. The molecule has 1 saturated carbocycles. The minimum Gasteiger partial charge on any atom is -0.385 e. The van der Waals surface area contributed by atoms with Gasteiger partial charge in [-0.15, -0.1) is 0 Å². The van der Waals surface area contributed by atoms with Crippen LogP contribution in [0.2, 0.25) is 0 Å². The summed E-state index contributed by atoms with van der Waals surface area (Å²) in [6, 6.07) is 3.77. The molecule has 2 rings (SSSR count). The molecule has 0 spiro atoms. The Kier molecular flexibility index (Phi) is 1.05. The predicted octanol–water partition coefficient (Wildman–Crippen LogP) is 1.06. The average Bonchev–Trinajstić information content (AvgIpc) is 2.72. The van der Waals surface area contributed by atoms with E-state index in [-0.39, 0.29) is 0 Å². The van der Waals surface area contributed by atoms with Gasteiger partial charge < -0.3 is 5.11 Å². The highest BCUT2D eigenvalue weighted by Crippen LogP contribution is 2.44. The zero-order valence-corrected chi connectivity index (χ0v) is 5.62. The first-order valence-corrected chi connectivity index (χ1v) is 3.44. The van der Waals surface area contributed by atoms with Gasteiger partial charge in [-0.25, -0.2) is 0 Å². The quantitative estimate of drug-likeness (QED) is 0.624. The van der Waals surface area contributed by atoms with Crippen LogP contribution in [0, 0.1) is 0 Å². The van der Waals surface area contributed by atoms with Crippen LogP contribution in [0.4, 0.5) is 0 Å². The Morgan fingerprint density at radius 1 is 1.50 bits per heavy atom. The van der Waals surface area contributed by atoms with Crippen molar-refractivity contribution in [3.63, 3.8) is 0 Å². The summed E-state index contributed by atoms with van der Waals surface area (Å²) >= 11 is 0. The maximum absolute atomic E-state index is 9.56. The molecule has 0 saturated heterocycles. The van der Waals surface area contributed by atoms with Gasteiger partial charge >= 0.3 is 0 Å². The van der Waals surface area contributed by atoms with Gasteiger partial charge in [-0.2, -0.15) is 0 Å². The van der Waals surface area contributed by atoms with Crippen molar-refractivity contribution in [1.82, 2.24) is 4.98 Å². The lowest BCUT2D eigenvalue weighted by Gasteiger charge is -2.04. The molecule has 10 heavy (non-hydrogen) atoms. The van der Waals surface area contributed by atoms with Crippen LogP contribution in [-0.4, -0.2) is 10.1 Å². The van der Waals surface area contributed by atoms with E-state index in [0.29, 0.717) is 0 Å². The number of hydrogen-bond donors (Lipinski definition) is 1. The third-order valence-electron chi connectivity index (χ3n) is 1.92. The highest BCUT2D eigenvalue weighted by molar-refractivity contribution is 5.23. The van der Waals surface area contributed by atoms with Gasteiger partial charge in [-0.05, 0) is 18.9 Å². The Labute approximate surface area is 59.5 Å². The Morgan fingerprint density at radius 2 is 2.30 bits per heavy atom. The molecule has 1 fully saturated rings. The van der Waals surface area contributed by atoms with Crippen molar-refractivity contribution in [3.8, 4) is 0 Å². The van der Waals surface area contributed by atoms with E-state index < -0.39 is 5.60 Å². The summed E-state index contributed by atoms with van der Waals surface area (Å²) in [4.78, 5) is 3.93. The Hall–Kier alpha value is -0.890. The fourth-order valence-electron chi connectivity index (χ4n) is 1.05. The zero-order valence-electron chi connectivity index (χ0n) is 5.62. The molecule has 0 bridgehead atoms. The van der Waals surface area contributed by atoms with Crippen LogP contribution in [0.25, 0.3) is 0 Å². The van der Waals surface area contributed by atoms with Crippen LogP contribution in [0.15, 0.2) is 24.5 Å². The number of hydrogen-bond acceptors (Lipinski definition) is 2. The SMILES string of the molecule is OC1(c2cccnc2)CC1. The minimum absolute atomic E-state index is 0.520. The molecule has 0 amide bonds. The van der Waals surface area contributed by atoms with E-state index in [1.807, 2.05) is 12.1 Å². The summed E-state index contributed by atoms with van der Waals surface area (Å²) in [5.74, 6) is 0. The van der Waals surface area contributed by atoms with Gasteiger partial charge in [0.25, 0.3) is 0 Å². The van der Waals surface area contributed by atoms with Crippen molar-refractivity contribution in [1.29, 1.82) is 0 Å². The second-order valence-corrected chi connectivity index (χ2v) is 2.77. The molecule has 1 aromatic rings. The Balaban J connectivity index is 2.35. The number of nitrogens with zero attached hydrogens (tertiary/aromatic N) is 1. The molecule has 0 radical (unpaired) electrons. The fourth-order valence-corrected chi connectivity index (χ4v) is 1.05. The molecule has 0 atom stereocenters. The molecule has 0 unspecified atom stereocenters. The summed E-state index contributed by atoms with van der Waals surface area (Å²) in [6.07, 6.45) is 5.22. The molecule has 1 heterocycles. The summed E-state index contributed by atoms with van der Waals surface area (Å²) < 4.78 is 0. The highest BCUT2D eigenvalue weighted by atomic mass is 16.3. The van der Waals surface area contributed by atoms with E-state index in [1.54, 1.807) is 12.4 Å². The molecular formula is C8H9NO. The van der Waals surface area contributed by atoms with E-state index in [2.05, 4.69) is 4.98 Å². The predicted molar refractivity (Wildman–Crippen MR) is 37.4 cm³/mol. The zero-order chi connectivity index (χ0) is 7.03. The molecule has 2 nitrogen and oxygen atoms in total. The maximum Gasteiger partial charge on any atom is 0.0913 e. The van der Waals surface area contributed by atoms with Crippen molar-refractivity contribution in [2.75, 3.05) is 0 Å². The molecule has 0 aliphatic heterocycles. The first kappa shape index (κ1) is 5.86. The Bertz CT molecular complexity index is 228. The van der Waals surface area contributed by atoms with Gasteiger partial charge in [0, 0.05) is 18.0 Å². The van der Waals surface area contributed by atoms with E-state index in [0.717, 1.165) is 18.4 Å². The number of pyridine rings is 1. The van der Waals surface area contributed by atoms with Gasteiger partial charge in [0.2, 0.25) is 0 Å². The van der Waals surface area contributed by atoms with Crippen LogP contribution in [0.5, 0.6) is 0 Å². The van der Waals surface area contributed by atoms with Crippen LogP contribution in [-0.2, 0) is 5.60 Å². The number of rotatable bonds is 1. The van der Waals surface area contributed by atoms with Crippen molar-refractivity contribution < 1.29 is 5.11 Å². The van der Waals surface area contributed by atoms with Gasteiger partial charge in [-0.3, -0.25) is 4.98 Å². The Morgan fingerprint density at radius 3 is 2.80 bits per heavy atom. The molecule has 1 aromatic heterocycles. The van der Waals surface area contributed by atoms with Gasteiger partial charge in [0.1, 0.15) is 0 Å². The first-order chi connectivity index (χ1) is 4.81. The third-order valence-corrected chi connectivity index (χ3v) is 1.92. The standard InChI is InChI=1S/C8H9NO/c10-8(3-4-8)7-2-1-5-9-6-7/h1-2,5-6,10H,3-4H2. The normalized spacial score (nSPS) is 20.5. The van der Waals surface area contributed by atoms with Crippen molar-refractivity contribution >= 4 is 0 Å². The summed E-state index contributed by atoms with van der Waals surface area (Å²) in [7, 11) is 0. The molecule has 2 heteroatoms. The second kappa shape index (κ2) is 1.80. The van der Waals surface area contributed by atoms with Crippen LogP contribution >= 0.6 is 0 Å². The summed E-state index contributed by atoms with van der Waals surface area (Å²) in [5.41, 5.74) is 0.434. The van der Waals surface area contributed by atoms with Gasteiger partial charge in [-0.1, -0.05) is 6.07 Å². The van der Waals surface area contributed by atoms with Crippen LogP contribution < -0.4 is 0 Å². The summed E-state index contributed by atoms with van der Waals surface area (Å²) in [6.45, 7) is 0. The molecule has 1 aliphatic rings. The average molecular weight is 135 g/mol. The third kappa shape index (κ3) is 0.809. The maximum atomic E-state index is 9.56. The van der Waals surface area contributed by atoms with E-state index in [1.165, 1.54) is 0 Å². The van der Waals surface area contributed by atoms with Crippen LogP contribution in [0.3, 0.4) is 0 Å².